The van der Waals surface area contributed by atoms with Gasteiger partial charge in [-0.15, -0.1) is 0 Å². The topological polar surface area (TPSA) is 63.2 Å². The Morgan fingerprint density at radius 2 is 2.05 bits per heavy atom. The molecular weight excluding hydrogens is 278 g/mol. The smallest absolute Gasteiger partial charge is 0.180 e. The van der Waals surface area contributed by atoms with E-state index in [1.807, 2.05) is 12.3 Å². The van der Waals surface area contributed by atoms with Gasteiger partial charge in [0.05, 0.1) is 12.3 Å². The summed E-state index contributed by atoms with van der Waals surface area (Å²) in [5.41, 5.74) is 2.72. The second-order valence-electron chi connectivity index (χ2n) is 5.95. The Morgan fingerprint density at radius 3 is 2.91 bits per heavy atom. The summed E-state index contributed by atoms with van der Waals surface area (Å²) in [5, 5.41) is 3.58. The van der Waals surface area contributed by atoms with Crippen molar-refractivity contribution in [3.05, 3.63) is 24.7 Å². The minimum absolute atomic E-state index is 0.471. The Kier molecular flexibility index (Phi) is 4.80. The molecule has 2 aromatic heterocycles. The Balaban J connectivity index is 1.80. The van der Waals surface area contributed by atoms with Crippen molar-refractivity contribution in [1.82, 2.24) is 20.3 Å². The van der Waals surface area contributed by atoms with Crippen molar-refractivity contribution in [2.45, 2.75) is 19.4 Å². The number of pyridine rings is 1. The number of piperidine rings is 1. The van der Waals surface area contributed by atoms with E-state index in [0.29, 0.717) is 17.6 Å². The molecule has 0 aromatic carbocycles. The number of hydrogen-bond acceptors (Lipinski definition) is 6. The van der Waals surface area contributed by atoms with Crippen LogP contribution in [0.3, 0.4) is 0 Å². The molecule has 6 heteroatoms. The van der Waals surface area contributed by atoms with Crippen molar-refractivity contribution in [3.63, 3.8) is 0 Å². The van der Waals surface area contributed by atoms with Crippen LogP contribution in [0.5, 0.6) is 0 Å². The van der Waals surface area contributed by atoms with E-state index in [0.717, 1.165) is 37.4 Å². The predicted octanol–water partition coefficient (Wildman–Crippen LogP) is 1.48. The molecule has 22 heavy (non-hydrogen) atoms. The van der Waals surface area contributed by atoms with Crippen molar-refractivity contribution in [1.29, 1.82) is 0 Å². The molecule has 0 bridgehead atoms. The largest absolute Gasteiger partial charge is 0.383 e. The van der Waals surface area contributed by atoms with E-state index >= 15 is 0 Å². The first-order valence-corrected chi connectivity index (χ1v) is 7.81. The van der Waals surface area contributed by atoms with Crippen molar-refractivity contribution < 1.29 is 4.74 Å². The lowest BCUT2D eigenvalue weighted by molar-refractivity contribution is 0.192. The number of rotatable bonds is 5. The van der Waals surface area contributed by atoms with Crippen LogP contribution in [0.1, 0.15) is 13.3 Å². The molecule has 1 N–H and O–H groups in total. The predicted molar refractivity (Wildman–Crippen MR) is 87.0 cm³/mol. The zero-order chi connectivity index (χ0) is 15.4. The van der Waals surface area contributed by atoms with E-state index in [1.54, 1.807) is 19.5 Å². The number of ether oxygens (including phenoxy) is 1. The zero-order valence-electron chi connectivity index (χ0n) is 13.2. The number of anilines is 1. The van der Waals surface area contributed by atoms with Gasteiger partial charge in [-0.1, -0.05) is 6.92 Å². The number of aromatic nitrogens is 3. The Hall–Kier alpha value is -1.79. The molecule has 2 atom stereocenters. The van der Waals surface area contributed by atoms with Gasteiger partial charge in [0.25, 0.3) is 0 Å². The maximum atomic E-state index is 5.13. The molecule has 6 nitrogen and oxygen atoms in total. The van der Waals surface area contributed by atoms with Crippen LogP contribution in [-0.2, 0) is 4.74 Å². The highest BCUT2D eigenvalue weighted by atomic mass is 16.5. The molecule has 3 heterocycles. The van der Waals surface area contributed by atoms with Gasteiger partial charge < -0.3 is 15.0 Å². The second kappa shape index (κ2) is 6.98. The molecule has 1 saturated heterocycles. The standard InChI is InChI=1S/C16H23N5O/c1-12-9-13(17-7-8-22-2)11-21(10-12)14-3-4-19-16-15(14)18-5-6-20-16/h3-6,12-13,17H,7-11H2,1-2H3/t12-,13+/m0/s1. The van der Waals surface area contributed by atoms with Crippen molar-refractivity contribution in [2.24, 2.45) is 5.92 Å². The van der Waals surface area contributed by atoms with Crippen molar-refractivity contribution in [3.8, 4) is 0 Å². The molecule has 0 amide bonds. The summed E-state index contributed by atoms with van der Waals surface area (Å²) in [6.07, 6.45) is 6.43. The van der Waals surface area contributed by atoms with Gasteiger partial charge in [-0.25, -0.2) is 15.0 Å². The molecular formula is C16H23N5O. The first-order chi connectivity index (χ1) is 10.8. The van der Waals surface area contributed by atoms with E-state index < -0.39 is 0 Å². The van der Waals surface area contributed by atoms with Crippen LogP contribution in [0.4, 0.5) is 5.69 Å². The van der Waals surface area contributed by atoms with Crippen LogP contribution < -0.4 is 10.2 Å². The lowest BCUT2D eigenvalue weighted by Crippen LogP contribution is -2.49. The summed E-state index contributed by atoms with van der Waals surface area (Å²) in [6, 6.07) is 2.51. The highest BCUT2D eigenvalue weighted by molar-refractivity contribution is 5.85. The maximum absolute atomic E-state index is 5.13. The van der Waals surface area contributed by atoms with E-state index in [4.69, 9.17) is 4.74 Å². The Labute approximate surface area is 130 Å². The molecule has 0 spiro atoms. The molecule has 118 valence electrons. The van der Waals surface area contributed by atoms with Crippen molar-refractivity contribution in [2.75, 3.05) is 38.3 Å². The Bertz CT molecular complexity index is 615. The van der Waals surface area contributed by atoms with Crippen LogP contribution in [0, 0.1) is 5.92 Å². The quantitative estimate of drug-likeness (QED) is 0.844. The summed E-state index contributed by atoms with van der Waals surface area (Å²) in [6.45, 7) is 5.95. The number of methoxy groups -OCH3 is 1. The first kappa shape index (κ1) is 15.1. The van der Waals surface area contributed by atoms with Crippen LogP contribution in [0.25, 0.3) is 11.2 Å². The Morgan fingerprint density at radius 1 is 1.23 bits per heavy atom. The minimum Gasteiger partial charge on any atom is -0.383 e. The van der Waals surface area contributed by atoms with Gasteiger partial charge in [0.15, 0.2) is 5.65 Å². The first-order valence-electron chi connectivity index (χ1n) is 7.81. The number of hydrogen-bond donors (Lipinski definition) is 1. The van der Waals surface area contributed by atoms with Crippen LogP contribution >= 0.6 is 0 Å². The van der Waals surface area contributed by atoms with Crippen molar-refractivity contribution >= 4 is 16.9 Å². The molecule has 0 radical (unpaired) electrons. The average molecular weight is 301 g/mol. The van der Waals surface area contributed by atoms with Crippen LogP contribution in [-0.4, -0.2) is 54.3 Å². The average Bonchev–Trinajstić information content (AvgIpc) is 2.54. The summed E-state index contributed by atoms with van der Waals surface area (Å²) < 4.78 is 5.13. The van der Waals surface area contributed by atoms with Gasteiger partial charge in [-0.3, -0.25) is 0 Å². The lowest BCUT2D eigenvalue weighted by Gasteiger charge is -2.38. The highest BCUT2D eigenvalue weighted by Gasteiger charge is 2.25. The van der Waals surface area contributed by atoms with Gasteiger partial charge >= 0.3 is 0 Å². The van der Waals surface area contributed by atoms with Gasteiger partial charge in [-0.2, -0.15) is 0 Å². The van der Waals surface area contributed by atoms with Gasteiger partial charge in [0, 0.05) is 51.4 Å². The summed E-state index contributed by atoms with van der Waals surface area (Å²) in [5.74, 6) is 0.633. The van der Waals surface area contributed by atoms with Gasteiger partial charge in [-0.05, 0) is 18.4 Å². The monoisotopic (exact) mass is 301 g/mol. The fraction of sp³-hybridized carbons (Fsp3) is 0.562. The summed E-state index contributed by atoms with van der Waals surface area (Å²) in [4.78, 5) is 15.5. The minimum atomic E-state index is 0.471. The molecule has 1 aliphatic heterocycles. The molecule has 0 aliphatic carbocycles. The van der Waals surface area contributed by atoms with E-state index in [2.05, 4.69) is 32.1 Å². The fourth-order valence-corrected chi connectivity index (χ4v) is 3.18. The van der Waals surface area contributed by atoms with E-state index in [-0.39, 0.29) is 0 Å². The number of nitrogens with one attached hydrogen (secondary N) is 1. The molecule has 3 rings (SSSR count). The maximum Gasteiger partial charge on any atom is 0.180 e. The molecule has 1 aliphatic rings. The summed E-state index contributed by atoms with van der Waals surface area (Å²) in [7, 11) is 1.74. The van der Waals surface area contributed by atoms with E-state index in [9.17, 15) is 0 Å². The molecule has 2 aromatic rings. The third-order valence-electron chi connectivity index (χ3n) is 4.09. The lowest BCUT2D eigenvalue weighted by atomic mass is 9.95. The fourth-order valence-electron chi connectivity index (χ4n) is 3.18. The SMILES string of the molecule is COCCN[C@@H]1C[C@H](C)CN(c2ccnc3nccnc23)C1. The highest BCUT2D eigenvalue weighted by Crippen LogP contribution is 2.27. The summed E-state index contributed by atoms with van der Waals surface area (Å²) >= 11 is 0. The third-order valence-corrected chi connectivity index (χ3v) is 4.09. The van der Waals surface area contributed by atoms with Gasteiger partial charge in [0.2, 0.25) is 0 Å². The van der Waals surface area contributed by atoms with Crippen LogP contribution in [0.2, 0.25) is 0 Å². The molecule has 0 saturated carbocycles. The molecule has 1 fully saturated rings. The zero-order valence-corrected chi connectivity index (χ0v) is 13.2. The third kappa shape index (κ3) is 3.34. The van der Waals surface area contributed by atoms with Crippen LogP contribution in [0.15, 0.2) is 24.7 Å². The van der Waals surface area contributed by atoms with Gasteiger partial charge in [0.1, 0.15) is 5.52 Å². The molecule has 0 unspecified atom stereocenters. The number of fused-ring (bicyclic) bond motifs is 1. The second-order valence-corrected chi connectivity index (χ2v) is 5.95. The van der Waals surface area contributed by atoms with E-state index in [1.165, 1.54) is 6.42 Å². The normalized spacial score (nSPS) is 22.2. The number of nitrogens with zero attached hydrogens (tertiary/aromatic N) is 4.